The Morgan fingerprint density at radius 2 is 1.85 bits per heavy atom. The average molecular weight is 278 g/mol. The number of hydrogen-bond acceptors (Lipinski definition) is 6. The summed E-state index contributed by atoms with van der Waals surface area (Å²) < 4.78 is 0. The number of aliphatic hydroxyl groups is 1. The second-order valence-corrected chi connectivity index (χ2v) is 4.23. The monoisotopic (exact) mass is 278 g/mol. The van der Waals surface area contributed by atoms with E-state index in [9.17, 15) is 30.4 Å². The SMILES string of the molecule is O=[N+]([O-])C1=CC(c2ccccc2O)([N+](=O)[O-])C(O)C=C1. The molecule has 0 fully saturated rings. The molecule has 1 aromatic rings. The Balaban J connectivity index is 2.73. The number of benzene rings is 1. The van der Waals surface area contributed by atoms with Crippen molar-refractivity contribution in [3.63, 3.8) is 0 Å². The Morgan fingerprint density at radius 1 is 1.20 bits per heavy atom. The van der Waals surface area contributed by atoms with Gasteiger partial charge in [0, 0.05) is 11.0 Å². The van der Waals surface area contributed by atoms with Crippen molar-refractivity contribution >= 4 is 0 Å². The lowest BCUT2D eigenvalue weighted by Crippen LogP contribution is -2.46. The van der Waals surface area contributed by atoms with E-state index in [1.165, 1.54) is 24.3 Å². The molecule has 1 aliphatic carbocycles. The summed E-state index contributed by atoms with van der Waals surface area (Å²) in [6.07, 6.45) is 1.07. The van der Waals surface area contributed by atoms with Crippen LogP contribution in [0.5, 0.6) is 5.75 Å². The van der Waals surface area contributed by atoms with Gasteiger partial charge in [-0.2, -0.15) is 0 Å². The number of phenolic OH excluding ortho intramolecular Hbond substituents is 1. The molecule has 1 aromatic carbocycles. The van der Waals surface area contributed by atoms with Gasteiger partial charge in [-0.05, 0) is 18.2 Å². The first-order valence-corrected chi connectivity index (χ1v) is 5.56. The van der Waals surface area contributed by atoms with Crippen molar-refractivity contribution in [2.45, 2.75) is 11.6 Å². The summed E-state index contributed by atoms with van der Waals surface area (Å²) in [6, 6.07) is 5.35. The standard InChI is InChI=1S/C12H10N2O6/c15-10-4-2-1-3-9(10)12(14(19)20)7-8(13(17)18)5-6-11(12)16/h1-7,11,15-16H. The van der Waals surface area contributed by atoms with Crippen LogP contribution < -0.4 is 0 Å². The van der Waals surface area contributed by atoms with Crippen LogP contribution in [0.2, 0.25) is 0 Å². The fourth-order valence-electron chi connectivity index (χ4n) is 2.12. The first-order valence-electron chi connectivity index (χ1n) is 5.56. The predicted molar refractivity (Wildman–Crippen MR) is 67.0 cm³/mol. The van der Waals surface area contributed by atoms with E-state index in [1.54, 1.807) is 0 Å². The zero-order valence-corrected chi connectivity index (χ0v) is 10.0. The predicted octanol–water partition coefficient (Wildman–Crippen LogP) is 0.955. The fourth-order valence-corrected chi connectivity index (χ4v) is 2.12. The molecule has 0 saturated heterocycles. The quantitative estimate of drug-likeness (QED) is 0.626. The van der Waals surface area contributed by atoms with E-state index in [0.29, 0.717) is 0 Å². The second-order valence-electron chi connectivity index (χ2n) is 4.23. The Morgan fingerprint density at radius 3 is 2.40 bits per heavy atom. The van der Waals surface area contributed by atoms with Crippen LogP contribution in [0.4, 0.5) is 0 Å². The van der Waals surface area contributed by atoms with Crippen LogP contribution in [0.25, 0.3) is 0 Å². The van der Waals surface area contributed by atoms with Gasteiger partial charge in [0.15, 0.2) is 6.10 Å². The molecule has 0 aromatic heterocycles. The van der Waals surface area contributed by atoms with Gasteiger partial charge >= 0.3 is 5.54 Å². The molecule has 2 N–H and O–H groups in total. The highest BCUT2D eigenvalue weighted by Gasteiger charge is 2.54. The van der Waals surface area contributed by atoms with E-state index in [0.717, 1.165) is 18.2 Å². The maximum absolute atomic E-state index is 11.4. The second kappa shape index (κ2) is 4.74. The number of rotatable bonds is 3. The molecule has 0 saturated carbocycles. The van der Waals surface area contributed by atoms with E-state index in [-0.39, 0.29) is 5.56 Å². The number of phenols is 1. The lowest BCUT2D eigenvalue weighted by molar-refractivity contribution is -0.576. The topological polar surface area (TPSA) is 127 Å². The summed E-state index contributed by atoms with van der Waals surface area (Å²) >= 11 is 0. The van der Waals surface area contributed by atoms with Crippen molar-refractivity contribution in [3.05, 3.63) is 74.0 Å². The molecule has 0 amide bonds. The lowest BCUT2D eigenvalue weighted by Gasteiger charge is -2.27. The number of nitro groups is 2. The molecule has 104 valence electrons. The van der Waals surface area contributed by atoms with Gasteiger partial charge in [0.1, 0.15) is 5.75 Å². The van der Waals surface area contributed by atoms with Crippen LogP contribution in [-0.2, 0) is 5.54 Å². The third kappa shape index (κ3) is 1.91. The maximum atomic E-state index is 11.4. The average Bonchev–Trinajstić information content (AvgIpc) is 2.39. The summed E-state index contributed by atoms with van der Waals surface area (Å²) in [4.78, 5) is 20.6. The molecule has 0 aliphatic heterocycles. The molecule has 2 atom stereocenters. The summed E-state index contributed by atoms with van der Waals surface area (Å²) in [5.41, 5.74) is -3.01. The smallest absolute Gasteiger partial charge is 0.304 e. The van der Waals surface area contributed by atoms with Crippen LogP contribution >= 0.6 is 0 Å². The van der Waals surface area contributed by atoms with E-state index in [2.05, 4.69) is 0 Å². The van der Waals surface area contributed by atoms with Gasteiger partial charge in [-0.15, -0.1) is 0 Å². The molecule has 0 spiro atoms. The molecule has 1 aliphatic rings. The highest BCUT2D eigenvalue weighted by Crippen LogP contribution is 2.39. The molecule has 8 nitrogen and oxygen atoms in total. The van der Waals surface area contributed by atoms with Crippen LogP contribution in [0.15, 0.2) is 48.2 Å². The molecular weight excluding hydrogens is 268 g/mol. The normalized spacial score (nSPS) is 25.1. The fraction of sp³-hybridized carbons (Fsp3) is 0.167. The zero-order valence-electron chi connectivity index (χ0n) is 10.0. The minimum atomic E-state index is -2.29. The van der Waals surface area contributed by atoms with Crippen molar-refractivity contribution in [1.29, 1.82) is 0 Å². The Hall–Kier alpha value is -2.74. The molecular formula is C12H10N2O6. The van der Waals surface area contributed by atoms with Crippen LogP contribution in [0.3, 0.4) is 0 Å². The van der Waals surface area contributed by atoms with Crippen molar-refractivity contribution in [2.24, 2.45) is 0 Å². The van der Waals surface area contributed by atoms with Gasteiger partial charge in [-0.25, -0.2) is 0 Å². The molecule has 20 heavy (non-hydrogen) atoms. The summed E-state index contributed by atoms with van der Waals surface area (Å²) in [5.74, 6) is -0.419. The minimum Gasteiger partial charge on any atom is -0.507 e. The Bertz CT molecular complexity index is 639. The van der Waals surface area contributed by atoms with E-state index >= 15 is 0 Å². The summed E-state index contributed by atoms with van der Waals surface area (Å²) in [5, 5.41) is 42.0. The molecule has 0 radical (unpaired) electrons. The van der Waals surface area contributed by atoms with E-state index < -0.39 is 32.9 Å². The van der Waals surface area contributed by atoms with E-state index in [4.69, 9.17) is 0 Å². The highest BCUT2D eigenvalue weighted by atomic mass is 16.6. The van der Waals surface area contributed by atoms with Gasteiger partial charge in [-0.3, -0.25) is 20.2 Å². The highest BCUT2D eigenvalue weighted by molar-refractivity contribution is 5.44. The van der Waals surface area contributed by atoms with Crippen molar-refractivity contribution in [3.8, 4) is 5.75 Å². The van der Waals surface area contributed by atoms with Crippen molar-refractivity contribution in [1.82, 2.24) is 0 Å². The molecule has 0 heterocycles. The van der Waals surface area contributed by atoms with Gasteiger partial charge in [0.2, 0.25) is 0 Å². The first kappa shape index (κ1) is 13.7. The van der Waals surface area contributed by atoms with Crippen LogP contribution in [0, 0.1) is 20.2 Å². The number of allylic oxidation sites excluding steroid dienone is 1. The van der Waals surface area contributed by atoms with E-state index in [1.807, 2.05) is 0 Å². The zero-order chi connectivity index (χ0) is 14.9. The molecule has 8 heteroatoms. The first-order chi connectivity index (χ1) is 9.39. The van der Waals surface area contributed by atoms with Gasteiger partial charge in [0.05, 0.1) is 16.6 Å². The number of nitrogens with zero attached hydrogens (tertiary/aromatic N) is 2. The number of aliphatic hydroxyl groups excluding tert-OH is 1. The third-order valence-corrected chi connectivity index (χ3v) is 3.12. The number of hydrogen-bond donors (Lipinski definition) is 2. The maximum Gasteiger partial charge on any atom is 0.304 e. The Kier molecular flexibility index (Phi) is 3.24. The van der Waals surface area contributed by atoms with Crippen LogP contribution in [-0.4, -0.2) is 26.2 Å². The van der Waals surface area contributed by atoms with Gasteiger partial charge in [-0.1, -0.05) is 12.1 Å². The largest absolute Gasteiger partial charge is 0.507 e. The van der Waals surface area contributed by atoms with Gasteiger partial charge < -0.3 is 10.2 Å². The molecule has 2 unspecified atom stereocenters. The summed E-state index contributed by atoms with van der Waals surface area (Å²) in [7, 11) is 0. The van der Waals surface area contributed by atoms with Crippen molar-refractivity contribution in [2.75, 3.05) is 0 Å². The van der Waals surface area contributed by atoms with Crippen LogP contribution in [0.1, 0.15) is 5.56 Å². The number of para-hydroxylation sites is 1. The molecule has 0 bridgehead atoms. The van der Waals surface area contributed by atoms with Gasteiger partial charge in [0.25, 0.3) is 5.70 Å². The number of aromatic hydroxyl groups is 1. The minimum absolute atomic E-state index is 0.207. The Labute approximate surface area is 112 Å². The third-order valence-electron chi connectivity index (χ3n) is 3.12. The summed E-state index contributed by atoms with van der Waals surface area (Å²) in [6.45, 7) is 0. The molecule has 2 rings (SSSR count). The van der Waals surface area contributed by atoms with Crippen molar-refractivity contribution < 1.29 is 20.1 Å². The lowest BCUT2D eigenvalue weighted by atomic mass is 9.81.